The number of hydrogen-bond acceptors (Lipinski definition) is 3. The number of urea groups is 1. The van der Waals surface area contributed by atoms with Crippen molar-refractivity contribution in [2.24, 2.45) is 17.8 Å². The Morgan fingerprint density at radius 2 is 1.42 bits per heavy atom. The van der Waals surface area contributed by atoms with Crippen LogP contribution >= 0.6 is 11.6 Å². The highest BCUT2D eigenvalue weighted by Crippen LogP contribution is 2.60. The highest BCUT2D eigenvalue weighted by Gasteiger charge is 2.51. The zero-order valence-corrected chi connectivity index (χ0v) is 21.7. The van der Waals surface area contributed by atoms with E-state index in [0.717, 1.165) is 28.3 Å². The lowest BCUT2D eigenvalue weighted by Gasteiger charge is -2.57. The smallest absolute Gasteiger partial charge is 0.317 e. The Hall–Kier alpha value is -3.64. The Kier molecular flexibility index (Phi) is 5.38. The Morgan fingerprint density at radius 3 is 2.05 bits per heavy atom. The molecule has 38 heavy (non-hydrogen) atoms. The summed E-state index contributed by atoms with van der Waals surface area (Å²) in [4.78, 5) is 40.2. The Morgan fingerprint density at radius 1 is 0.816 bits per heavy atom. The molecule has 0 spiro atoms. The standard InChI is InChI=1S/C31H28ClN3O3/c32-23-5-9-24(10-6-23)34-11-1-2-26(34)15-27-28(36)33-30(38)35(29(27)37)25-7-3-22(4-8-25)31-16-19-12-20(17-31)14-21(13-19)18-31/h1-11,15,19-21H,12-14,16-18H2,(H,33,36,38)/b27-15+. The Labute approximate surface area is 226 Å². The van der Waals surface area contributed by atoms with Crippen LogP contribution in [0.25, 0.3) is 11.8 Å². The Balaban J connectivity index is 1.18. The van der Waals surface area contributed by atoms with E-state index in [1.807, 2.05) is 47.2 Å². The predicted molar refractivity (Wildman–Crippen MR) is 146 cm³/mol. The lowest BCUT2D eigenvalue weighted by molar-refractivity contribution is -0.122. The third-order valence-corrected chi connectivity index (χ3v) is 9.31. The van der Waals surface area contributed by atoms with Gasteiger partial charge in [0.25, 0.3) is 11.8 Å². The second-order valence-corrected chi connectivity index (χ2v) is 11.9. The molecule has 8 rings (SSSR count). The van der Waals surface area contributed by atoms with Crippen LogP contribution < -0.4 is 10.2 Å². The molecule has 2 aromatic carbocycles. The third-order valence-electron chi connectivity index (χ3n) is 9.06. The molecule has 5 aliphatic rings. The lowest BCUT2D eigenvalue weighted by atomic mass is 9.48. The van der Waals surface area contributed by atoms with Crippen LogP contribution in [0.2, 0.25) is 5.02 Å². The highest BCUT2D eigenvalue weighted by atomic mass is 35.5. The molecule has 4 amide bonds. The first-order chi connectivity index (χ1) is 18.4. The van der Waals surface area contributed by atoms with Crippen molar-refractivity contribution in [2.75, 3.05) is 4.90 Å². The SMILES string of the molecule is O=C1NC(=O)N(c2ccc(C34CC5CC(CC(C5)C3)C4)cc2)C(=O)/C1=C/c1cccn1-c1ccc(Cl)cc1. The molecule has 1 N–H and O–H groups in total. The van der Waals surface area contributed by atoms with Crippen molar-refractivity contribution in [2.45, 2.75) is 43.9 Å². The summed E-state index contributed by atoms with van der Waals surface area (Å²) in [7, 11) is 0. The number of rotatable bonds is 4. The van der Waals surface area contributed by atoms with E-state index >= 15 is 0 Å². The molecule has 5 fully saturated rings. The molecule has 1 aliphatic heterocycles. The van der Waals surface area contributed by atoms with Gasteiger partial charge in [0, 0.05) is 22.6 Å². The Bertz CT molecular complexity index is 1450. The second-order valence-electron chi connectivity index (χ2n) is 11.5. The van der Waals surface area contributed by atoms with E-state index in [1.165, 1.54) is 50.2 Å². The summed E-state index contributed by atoms with van der Waals surface area (Å²) in [6.07, 6.45) is 11.2. The fourth-order valence-corrected chi connectivity index (χ4v) is 7.94. The molecular formula is C31H28ClN3O3. The monoisotopic (exact) mass is 525 g/mol. The zero-order chi connectivity index (χ0) is 26.0. The van der Waals surface area contributed by atoms with Gasteiger partial charge in [0.05, 0.1) is 5.69 Å². The largest absolute Gasteiger partial charge is 0.335 e. The molecule has 1 aromatic heterocycles. The summed E-state index contributed by atoms with van der Waals surface area (Å²) in [6.45, 7) is 0. The van der Waals surface area contributed by atoms with Gasteiger partial charge in [-0.3, -0.25) is 14.9 Å². The molecule has 4 bridgehead atoms. The number of benzene rings is 2. The van der Waals surface area contributed by atoms with Gasteiger partial charge in [-0.15, -0.1) is 0 Å². The van der Waals surface area contributed by atoms with Gasteiger partial charge in [0.2, 0.25) is 0 Å². The molecular weight excluding hydrogens is 498 g/mol. The van der Waals surface area contributed by atoms with Gasteiger partial charge in [-0.05, 0) is 122 Å². The third kappa shape index (κ3) is 3.81. The maximum atomic E-state index is 13.5. The van der Waals surface area contributed by atoms with Crippen molar-refractivity contribution in [3.63, 3.8) is 0 Å². The summed E-state index contributed by atoms with van der Waals surface area (Å²) >= 11 is 6.03. The molecule has 192 valence electrons. The van der Waals surface area contributed by atoms with E-state index in [-0.39, 0.29) is 11.0 Å². The van der Waals surface area contributed by atoms with Crippen LogP contribution in [-0.2, 0) is 15.0 Å². The van der Waals surface area contributed by atoms with E-state index in [1.54, 1.807) is 12.1 Å². The molecule has 7 heteroatoms. The molecule has 2 heterocycles. The molecule has 0 unspecified atom stereocenters. The number of hydrogen-bond donors (Lipinski definition) is 1. The maximum absolute atomic E-state index is 13.5. The minimum absolute atomic E-state index is 0.0938. The van der Waals surface area contributed by atoms with Crippen molar-refractivity contribution in [1.29, 1.82) is 0 Å². The van der Waals surface area contributed by atoms with E-state index in [4.69, 9.17) is 11.6 Å². The number of amides is 4. The van der Waals surface area contributed by atoms with E-state index in [9.17, 15) is 14.4 Å². The summed E-state index contributed by atoms with van der Waals surface area (Å²) in [5.41, 5.74) is 3.39. The molecule has 3 aromatic rings. The minimum atomic E-state index is -0.729. The summed E-state index contributed by atoms with van der Waals surface area (Å²) in [5.74, 6) is 1.16. The van der Waals surface area contributed by atoms with Crippen LogP contribution in [0, 0.1) is 17.8 Å². The quantitative estimate of drug-likeness (QED) is 0.322. The molecule has 1 saturated heterocycles. The molecule has 4 saturated carbocycles. The molecule has 6 nitrogen and oxygen atoms in total. The van der Waals surface area contributed by atoms with Crippen LogP contribution in [-0.4, -0.2) is 22.4 Å². The average Bonchev–Trinajstić information content (AvgIpc) is 3.35. The number of aromatic nitrogens is 1. The van der Waals surface area contributed by atoms with Gasteiger partial charge >= 0.3 is 6.03 Å². The molecule has 4 aliphatic carbocycles. The summed E-state index contributed by atoms with van der Waals surface area (Å²) in [6, 6.07) is 18.1. The molecule has 0 atom stereocenters. The van der Waals surface area contributed by atoms with E-state index in [0.29, 0.717) is 16.4 Å². The summed E-state index contributed by atoms with van der Waals surface area (Å²) < 4.78 is 1.85. The van der Waals surface area contributed by atoms with Crippen LogP contribution in [0.3, 0.4) is 0 Å². The van der Waals surface area contributed by atoms with Crippen molar-refractivity contribution >= 4 is 41.2 Å². The van der Waals surface area contributed by atoms with Crippen LogP contribution in [0.4, 0.5) is 10.5 Å². The second kappa shape index (κ2) is 8.70. The number of barbiturate groups is 1. The van der Waals surface area contributed by atoms with Crippen LogP contribution in [0.5, 0.6) is 0 Å². The predicted octanol–water partition coefficient (Wildman–Crippen LogP) is 6.26. The average molecular weight is 526 g/mol. The maximum Gasteiger partial charge on any atom is 0.335 e. The number of nitrogens with zero attached hydrogens (tertiary/aromatic N) is 2. The number of halogens is 1. The zero-order valence-electron chi connectivity index (χ0n) is 20.9. The van der Waals surface area contributed by atoms with E-state index in [2.05, 4.69) is 17.4 Å². The van der Waals surface area contributed by atoms with Crippen molar-refractivity contribution in [1.82, 2.24) is 9.88 Å². The van der Waals surface area contributed by atoms with Crippen molar-refractivity contribution in [3.05, 3.63) is 88.7 Å². The van der Waals surface area contributed by atoms with E-state index < -0.39 is 17.8 Å². The van der Waals surface area contributed by atoms with Gasteiger partial charge in [-0.1, -0.05) is 23.7 Å². The van der Waals surface area contributed by atoms with Crippen LogP contribution in [0.15, 0.2) is 72.4 Å². The lowest BCUT2D eigenvalue weighted by Crippen LogP contribution is -2.54. The topological polar surface area (TPSA) is 71.4 Å². The number of anilines is 1. The number of carbonyl (C=O) groups is 3. The number of imide groups is 2. The van der Waals surface area contributed by atoms with Crippen molar-refractivity contribution < 1.29 is 14.4 Å². The fourth-order valence-electron chi connectivity index (χ4n) is 7.82. The first kappa shape index (κ1) is 23.5. The normalized spacial score (nSPS) is 29.3. The molecule has 0 radical (unpaired) electrons. The highest BCUT2D eigenvalue weighted by molar-refractivity contribution is 6.39. The van der Waals surface area contributed by atoms with Crippen LogP contribution in [0.1, 0.15) is 49.8 Å². The van der Waals surface area contributed by atoms with Gasteiger partial charge in [-0.2, -0.15) is 0 Å². The minimum Gasteiger partial charge on any atom is -0.317 e. The first-order valence-corrected chi connectivity index (χ1v) is 13.7. The summed E-state index contributed by atoms with van der Waals surface area (Å²) in [5, 5.41) is 2.96. The fraction of sp³-hybridized carbons (Fsp3) is 0.323. The van der Waals surface area contributed by atoms with Crippen molar-refractivity contribution in [3.8, 4) is 5.69 Å². The van der Waals surface area contributed by atoms with Gasteiger partial charge < -0.3 is 4.57 Å². The first-order valence-electron chi connectivity index (χ1n) is 13.3. The van der Waals surface area contributed by atoms with Gasteiger partial charge in [-0.25, -0.2) is 9.69 Å². The van der Waals surface area contributed by atoms with Gasteiger partial charge in [0.1, 0.15) is 5.57 Å². The van der Waals surface area contributed by atoms with Gasteiger partial charge in [0.15, 0.2) is 0 Å². The number of carbonyl (C=O) groups excluding carboxylic acids is 3. The number of nitrogens with one attached hydrogen (secondary N) is 1.